The fourth-order valence-electron chi connectivity index (χ4n) is 7.50. The van der Waals surface area contributed by atoms with Crippen LogP contribution in [0.1, 0.15) is 44.6 Å². The molecule has 0 bridgehead atoms. The molecule has 0 radical (unpaired) electrons. The number of ether oxygens (including phenoxy) is 1. The van der Waals surface area contributed by atoms with Gasteiger partial charge >= 0.3 is 0 Å². The van der Waals surface area contributed by atoms with Gasteiger partial charge in [-0.05, 0) is 72.0 Å². The number of phenols is 1. The summed E-state index contributed by atoms with van der Waals surface area (Å²) in [5, 5.41) is 46.3. The zero-order valence-electron chi connectivity index (χ0n) is 27.8. The van der Waals surface area contributed by atoms with Gasteiger partial charge in [-0.15, -0.1) is 0 Å². The van der Waals surface area contributed by atoms with Crippen molar-refractivity contribution in [2.75, 3.05) is 18.1 Å². The van der Waals surface area contributed by atoms with Gasteiger partial charge in [-0.3, -0.25) is 19.7 Å². The van der Waals surface area contributed by atoms with E-state index in [-0.39, 0.29) is 30.2 Å². The number of imide groups is 1. The molecule has 1 aliphatic carbocycles. The lowest BCUT2D eigenvalue weighted by atomic mass is 9.68. The van der Waals surface area contributed by atoms with Crippen molar-refractivity contribution >= 4 is 40.0 Å². The fourth-order valence-corrected chi connectivity index (χ4v) is 7.50. The van der Waals surface area contributed by atoms with Crippen LogP contribution in [0.5, 0.6) is 11.5 Å². The summed E-state index contributed by atoms with van der Waals surface area (Å²) >= 11 is 0. The summed E-state index contributed by atoms with van der Waals surface area (Å²) in [6, 6.07) is 25.7. The number of hydrogen-bond acceptors (Lipinski definition) is 8. The number of amides is 2. The molecule has 0 saturated carbocycles. The van der Waals surface area contributed by atoms with E-state index in [9.17, 15) is 35.0 Å². The van der Waals surface area contributed by atoms with E-state index in [4.69, 9.17) is 4.74 Å². The Bertz CT molecular complexity index is 1970. The van der Waals surface area contributed by atoms with Gasteiger partial charge in [0, 0.05) is 23.4 Å². The molecule has 2 amide bonds. The molecule has 0 aromatic heterocycles. The summed E-state index contributed by atoms with van der Waals surface area (Å²) in [6.07, 6.45) is 3.68. The second kappa shape index (κ2) is 15.1. The minimum absolute atomic E-state index is 0.0472. The number of benzene rings is 4. The molecule has 4 aromatic rings. The average molecular weight is 677 g/mol. The molecule has 50 heavy (non-hydrogen) atoms. The quantitative estimate of drug-likeness (QED) is 0.0595. The Labute approximate surface area is 290 Å². The Balaban J connectivity index is 1.32. The number of hydrogen-bond donors (Lipinski definition) is 3. The Morgan fingerprint density at radius 2 is 1.72 bits per heavy atom. The standard InChI is InChI=1S/C40H40N2O8/c1-2-9-25(20-26-17-19-35(44)32-15-7-6-14-31(26)32)16-18-36(45)37-27(24-50-30-12-4-3-5-13-30)21-33-38(34(37)23-43)40(47)41(39(33)46)28-10-8-11-29(22-28)42(48)49/h3-8,10-15,17,19-20,22,33-34,36,38,43-45H,2,9,16,18,21,23-24H2,1H3/b25-20+/t33-,34+,36-,38-/m1/s1. The highest BCUT2D eigenvalue weighted by atomic mass is 16.6. The molecular weight excluding hydrogens is 636 g/mol. The molecule has 258 valence electrons. The van der Waals surface area contributed by atoms with Gasteiger partial charge in [-0.2, -0.15) is 0 Å². The second-order valence-electron chi connectivity index (χ2n) is 12.9. The number of nitro groups is 1. The highest BCUT2D eigenvalue weighted by Gasteiger charge is 2.55. The van der Waals surface area contributed by atoms with Crippen LogP contribution in [0.15, 0.2) is 108 Å². The molecule has 4 atom stereocenters. The molecule has 6 rings (SSSR count). The Morgan fingerprint density at radius 3 is 2.44 bits per heavy atom. The third kappa shape index (κ3) is 6.90. The van der Waals surface area contributed by atoms with Crippen molar-refractivity contribution in [3.63, 3.8) is 0 Å². The number of nitro benzene ring substituents is 1. The number of non-ortho nitro benzene ring substituents is 1. The minimum Gasteiger partial charge on any atom is -0.507 e. The first-order valence-electron chi connectivity index (χ1n) is 16.9. The molecule has 1 aliphatic heterocycles. The third-order valence-corrected chi connectivity index (χ3v) is 9.80. The number of aliphatic hydroxyl groups excluding tert-OH is 2. The first-order chi connectivity index (χ1) is 24.2. The van der Waals surface area contributed by atoms with Crippen LogP contribution < -0.4 is 9.64 Å². The number of allylic oxidation sites excluding steroid dienone is 1. The number of aromatic hydroxyl groups is 1. The van der Waals surface area contributed by atoms with Crippen LogP contribution >= 0.6 is 0 Å². The third-order valence-electron chi connectivity index (χ3n) is 9.80. The van der Waals surface area contributed by atoms with Gasteiger partial charge in [-0.25, -0.2) is 4.90 Å². The number of aliphatic hydroxyl groups is 2. The zero-order chi connectivity index (χ0) is 35.4. The molecule has 10 nitrogen and oxygen atoms in total. The molecule has 1 saturated heterocycles. The van der Waals surface area contributed by atoms with E-state index in [1.54, 1.807) is 18.2 Å². The van der Waals surface area contributed by atoms with Crippen LogP contribution in [-0.2, 0) is 9.59 Å². The van der Waals surface area contributed by atoms with Crippen molar-refractivity contribution in [1.82, 2.24) is 0 Å². The summed E-state index contributed by atoms with van der Waals surface area (Å²) in [5.74, 6) is -2.90. The lowest BCUT2D eigenvalue weighted by Gasteiger charge is -2.36. The summed E-state index contributed by atoms with van der Waals surface area (Å²) in [6.45, 7) is 1.65. The molecule has 1 heterocycles. The zero-order valence-corrected chi connectivity index (χ0v) is 27.8. The summed E-state index contributed by atoms with van der Waals surface area (Å²) < 4.78 is 6.11. The Kier molecular flexibility index (Phi) is 10.4. The first-order valence-corrected chi connectivity index (χ1v) is 16.9. The van der Waals surface area contributed by atoms with E-state index < -0.39 is 47.2 Å². The maximum atomic E-state index is 14.0. The van der Waals surface area contributed by atoms with Crippen molar-refractivity contribution < 1.29 is 34.6 Å². The molecule has 1 fully saturated rings. The number of rotatable bonds is 13. The summed E-state index contributed by atoms with van der Waals surface area (Å²) in [4.78, 5) is 39.7. The van der Waals surface area contributed by atoms with Crippen molar-refractivity contribution in [2.45, 2.75) is 45.1 Å². The lowest BCUT2D eigenvalue weighted by Crippen LogP contribution is -2.40. The Hall–Kier alpha value is -5.32. The number of phenolic OH excluding ortho intramolecular Hbond substituents is 1. The predicted octanol–water partition coefficient (Wildman–Crippen LogP) is 6.97. The first kappa shape index (κ1) is 34.5. The van der Waals surface area contributed by atoms with Crippen LogP contribution in [0.25, 0.3) is 16.8 Å². The second-order valence-corrected chi connectivity index (χ2v) is 12.9. The van der Waals surface area contributed by atoms with Crippen LogP contribution in [0.3, 0.4) is 0 Å². The van der Waals surface area contributed by atoms with Gasteiger partial charge in [0.05, 0.1) is 35.2 Å². The number of fused-ring (bicyclic) bond motifs is 2. The van der Waals surface area contributed by atoms with Crippen LogP contribution in [0.2, 0.25) is 0 Å². The Morgan fingerprint density at radius 1 is 0.980 bits per heavy atom. The molecular formula is C40H40N2O8. The van der Waals surface area contributed by atoms with Crippen LogP contribution in [0, 0.1) is 27.9 Å². The highest BCUT2D eigenvalue weighted by Crippen LogP contribution is 2.47. The normalized spacial score (nSPS) is 19.9. The number of carbonyl (C=O) groups is 2. The smallest absolute Gasteiger partial charge is 0.271 e. The number of carbonyl (C=O) groups excluding carboxylic acids is 2. The lowest BCUT2D eigenvalue weighted by molar-refractivity contribution is -0.384. The van der Waals surface area contributed by atoms with E-state index in [1.165, 1.54) is 24.3 Å². The van der Waals surface area contributed by atoms with Crippen molar-refractivity contribution in [3.05, 3.63) is 123 Å². The van der Waals surface area contributed by atoms with Crippen molar-refractivity contribution in [2.24, 2.45) is 17.8 Å². The van der Waals surface area contributed by atoms with E-state index in [0.717, 1.165) is 39.7 Å². The molecule has 3 N–H and O–H groups in total. The minimum atomic E-state index is -1.05. The largest absolute Gasteiger partial charge is 0.507 e. The van der Waals surface area contributed by atoms with Crippen LogP contribution in [-0.4, -0.2) is 51.4 Å². The average Bonchev–Trinajstić information content (AvgIpc) is 3.38. The van der Waals surface area contributed by atoms with Gasteiger partial charge in [0.25, 0.3) is 5.69 Å². The number of nitrogens with zero attached hydrogens (tertiary/aromatic N) is 2. The predicted molar refractivity (Wildman–Crippen MR) is 190 cm³/mol. The van der Waals surface area contributed by atoms with E-state index in [1.807, 2.05) is 48.5 Å². The van der Waals surface area contributed by atoms with E-state index in [2.05, 4.69) is 13.0 Å². The van der Waals surface area contributed by atoms with Gasteiger partial charge in [-0.1, -0.05) is 79.6 Å². The highest BCUT2D eigenvalue weighted by molar-refractivity contribution is 6.22. The fraction of sp³-hybridized carbons (Fsp3) is 0.300. The van der Waals surface area contributed by atoms with Gasteiger partial charge in [0.1, 0.15) is 18.1 Å². The molecule has 2 aliphatic rings. The number of anilines is 1. The summed E-state index contributed by atoms with van der Waals surface area (Å²) in [5.41, 5.74) is 3.05. The maximum absolute atomic E-state index is 14.0. The monoisotopic (exact) mass is 676 g/mol. The SMILES string of the molecule is CCC/C(=C\c1ccc(O)c2ccccc12)CC[C@@H](O)C1=C(COc2ccccc2)C[C@H]2C(=O)N(c3cccc([N+](=O)[O-])c3)C(=O)[C@H]2[C@H]1CO. The van der Waals surface area contributed by atoms with Gasteiger partial charge in [0.2, 0.25) is 11.8 Å². The van der Waals surface area contributed by atoms with E-state index in [0.29, 0.717) is 29.7 Å². The molecule has 4 aromatic carbocycles. The van der Waals surface area contributed by atoms with Crippen molar-refractivity contribution in [3.8, 4) is 11.5 Å². The van der Waals surface area contributed by atoms with E-state index >= 15 is 0 Å². The van der Waals surface area contributed by atoms with Crippen LogP contribution in [0.4, 0.5) is 11.4 Å². The molecule has 0 unspecified atom stereocenters. The van der Waals surface area contributed by atoms with Gasteiger partial charge in [0.15, 0.2) is 0 Å². The topological polar surface area (TPSA) is 150 Å². The molecule has 10 heteroatoms. The summed E-state index contributed by atoms with van der Waals surface area (Å²) in [7, 11) is 0. The van der Waals surface area contributed by atoms with Gasteiger partial charge < -0.3 is 20.1 Å². The molecule has 0 spiro atoms. The number of para-hydroxylation sites is 1. The maximum Gasteiger partial charge on any atom is 0.271 e. The van der Waals surface area contributed by atoms with Crippen molar-refractivity contribution in [1.29, 1.82) is 0 Å².